The zero-order valence-electron chi connectivity index (χ0n) is 14.0. The molecule has 2 heteroatoms. The summed E-state index contributed by atoms with van der Waals surface area (Å²) >= 11 is 0. The molecule has 1 aromatic carbocycles. The van der Waals surface area contributed by atoms with Crippen molar-refractivity contribution in [2.45, 2.75) is 64.7 Å². The number of nitrogens with one attached hydrogen (secondary N) is 1. The highest BCUT2D eigenvalue weighted by atomic mass is 16.5. The molecule has 0 saturated heterocycles. The summed E-state index contributed by atoms with van der Waals surface area (Å²) in [5.41, 5.74) is 1.29. The lowest BCUT2D eigenvalue weighted by Crippen LogP contribution is -2.18. The number of benzene rings is 1. The predicted octanol–water partition coefficient (Wildman–Crippen LogP) is 4.97. The Morgan fingerprint density at radius 2 is 1.52 bits per heavy atom. The van der Waals surface area contributed by atoms with Crippen LogP contribution in [0.25, 0.3) is 0 Å². The topological polar surface area (TPSA) is 21.3 Å². The van der Waals surface area contributed by atoms with Crippen LogP contribution >= 0.6 is 0 Å². The smallest absolute Gasteiger partial charge is 0.122 e. The van der Waals surface area contributed by atoms with Crippen molar-refractivity contribution >= 4 is 0 Å². The summed E-state index contributed by atoms with van der Waals surface area (Å²) in [7, 11) is 1.74. The van der Waals surface area contributed by atoms with E-state index >= 15 is 0 Å². The third kappa shape index (κ3) is 8.77. The normalized spacial score (nSPS) is 10.8. The van der Waals surface area contributed by atoms with E-state index in [1.165, 1.54) is 56.9 Å². The number of rotatable bonds is 13. The van der Waals surface area contributed by atoms with Gasteiger partial charge in [-0.2, -0.15) is 0 Å². The van der Waals surface area contributed by atoms with Crippen molar-refractivity contribution < 1.29 is 4.74 Å². The first-order valence-electron chi connectivity index (χ1n) is 8.71. The van der Waals surface area contributed by atoms with E-state index in [0.29, 0.717) is 0 Å². The summed E-state index contributed by atoms with van der Waals surface area (Å²) in [5, 5.41) is 3.54. The molecule has 1 N–H and O–H groups in total. The van der Waals surface area contributed by atoms with Gasteiger partial charge in [0.25, 0.3) is 0 Å². The molecule has 0 spiro atoms. The lowest BCUT2D eigenvalue weighted by molar-refractivity contribution is 0.409. The van der Waals surface area contributed by atoms with E-state index < -0.39 is 0 Å². The maximum atomic E-state index is 5.37. The van der Waals surface area contributed by atoms with Crippen molar-refractivity contribution in [3.8, 4) is 5.75 Å². The number of methoxy groups -OCH3 is 1. The maximum absolute atomic E-state index is 5.37. The van der Waals surface area contributed by atoms with Gasteiger partial charge in [0.15, 0.2) is 0 Å². The Balaban J connectivity index is 1.93. The van der Waals surface area contributed by atoms with Crippen LogP contribution in [0, 0.1) is 0 Å². The number of para-hydroxylation sites is 1. The summed E-state index contributed by atoms with van der Waals surface area (Å²) in [4.78, 5) is 0. The van der Waals surface area contributed by atoms with Crippen LogP contribution in [0.2, 0.25) is 0 Å². The highest BCUT2D eigenvalue weighted by Crippen LogP contribution is 2.17. The third-order valence-electron chi connectivity index (χ3n) is 3.97. The maximum Gasteiger partial charge on any atom is 0.122 e. The molecule has 0 heterocycles. The highest BCUT2D eigenvalue weighted by Gasteiger charge is 2.00. The third-order valence-corrected chi connectivity index (χ3v) is 3.97. The molecular weight excluding hydrogens is 258 g/mol. The van der Waals surface area contributed by atoms with Crippen molar-refractivity contribution in [2.75, 3.05) is 20.2 Å². The molecule has 0 fully saturated rings. The van der Waals surface area contributed by atoms with E-state index in [1.807, 2.05) is 12.1 Å². The molecule has 0 bridgehead atoms. The fraction of sp³-hybridized carbons (Fsp3) is 0.684. The molecule has 120 valence electrons. The second-order valence-electron chi connectivity index (χ2n) is 5.79. The van der Waals surface area contributed by atoms with Gasteiger partial charge in [0, 0.05) is 0 Å². The largest absolute Gasteiger partial charge is 0.496 e. The summed E-state index contributed by atoms with van der Waals surface area (Å²) in [5.74, 6) is 1.01. The molecule has 1 aromatic rings. The van der Waals surface area contributed by atoms with Crippen LogP contribution in [-0.4, -0.2) is 20.2 Å². The molecule has 0 saturated carbocycles. The minimum Gasteiger partial charge on any atom is -0.496 e. The zero-order valence-corrected chi connectivity index (χ0v) is 14.0. The Bertz CT molecular complexity index is 351. The molecular formula is C19H33NO. The van der Waals surface area contributed by atoms with Gasteiger partial charge in [-0.15, -0.1) is 0 Å². The van der Waals surface area contributed by atoms with Gasteiger partial charge in [0.2, 0.25) is 0 Å². The Morgan fingerprint density at radius 1 is 0.857 bits per heavy atom. The van der Waals surface area contributed by atoms with Crippen LogP contribution in [0.4, 0.5) is 0 Å². The van der Waals surface area contributed by atoms with Gasteiger partial charge in [0.1, 0.15) is 5.75 Å². The Morgan fingerprint density at radius 3 is 2.24 bits per heavy atom. The number of hydrogen-bond donors (Lipinski definition) is 1. The number of hydrogen-bond acceptors (Lipinski definition) is 2. The molecule has 0 aliphatic heterocycles. The lowest BCUT2D eigenvalue weighted by atomic mass is 10.1. The molecule has 0 amide bonds. The average molecular weight is 291 g/mol. The van der Waals surface area contributed by atoms with E-state index in [0.717, 1.165) is 25.3 Å². The van der Waals surface area contributed by atoms with E-state index in [-0.39, 0.29) is 0 Å². The average Bonchev–Trinajstić information content (AvgIpc) is 2.53. The van der Waals surface area contributed by atoms with E-state index in [9.17, 15) is 0 Å². The minimum absolute atomic E-state index is 1.01. The first-order chi connectivity index (χ1) is 10.4. The summed E-state index contributed by atoms with van der Waals surface area (Å²) in [6.45, 7) is 4.46. The fourth-order valence-electron chi connectivity index (χ4n) is 2.64. The van der Waals surface area contributed by atoms with Crippen molar-refractivity contribution in [3.63, 3.8) is 0 Å². The standard InChI is InChI=1S/C19H33NO/c1-3-4-5-6-7-8-9-12-16-20-17-15-18-13-10-11-14-19(18)21-2/h10-11,13-14,20H,3-9,12,15-17H2,1-2H3. The van der Waals surface area contributed by atoms with Crippen molar-refractivity contribution in [1.29, 1.82) is 0 Å². The fourth-order valence-corrected chi connectivity index (χ4v) is 2.64. The van der Waals surface area contributed by atoms with E-state index in [2.05, 4.69) is 24.4 Å². The molecule has 2 nitrogen and oxygen atoms in total. The van der Waals surface area contributed by atoms with Gasteiger partial charge in [0.05, 0.1) is 7.11 Å². The molecule has 0 unspecified atom stereocenters. The summed E-state index contributed by atoms with van der Waals surface area (Å²) < 4.78 is 5.37. The van der Waals surface area contributed by atoms with Crippen LogP contribution in [-0.2, 0) is 6.42 Å². The van der Waals surface area contributed by atoms with Gasteiger partial charge in [-0.05, 0) is 37.6 Å². The Hall–Kier alpha value is -1.02. The van der Waals surface area contributed by atoms with Gasteiger partial charge >= 0.3 is 0 Å². The molecule has 0 aromatic heterocycles. The SMILES string of the molecule is CCCCCCCCCCNCCc1ccccc1OC. The van der Waals surface area contributed by atoms with Gasteiger partial charge in [-0.3, -0.25) is 0 Å². The van der Waals surface area contributed by atoms with Crippen molar-refractivity contribution in [2.24, 2.45) is 0 Å². The summed E-state index contributed by atoms with van der Waals surface area (Å²) in [6.07, 6.45) is 12.1. The van der Waals surface area contributed by atoms with Crippen LogP contribution in [0.1, 0.15) is 63.9 Å². The summed E-state index contributed by atoms with van der Waals surface area (Å²) in [6, 6.07) is 8.29. The molecule has 0 aliphatic carbocycles. The predicted molar refractivity (Wildman–Crippen MR) is 92.2 cm³/mol. The first kappa shape index (κ1) is 18.0. The van der Waals surface area contributed by atoms with E-state index in [4.69, 9.17) is 4.74 Å². The molecule has 0 atom stereocenters. The van der Waals surface area contributed by atoms with E-state index in [1.54, 1.807) is 7.11 Å². The molecule has 0 aliphatic rings. The monoisotopic (exact) mass is 291 g/mol. The van der Waals surface area contributed by atoms with Crippen LogP contribution in [0.15, 0.2) is 24.3 Å². The first-order valence-corrected chi connectivity index (χ1v) is 8.71. The van der Waals surface area contributed by atoms with Crippen molar-refractivity contribution in [3.05, 3.63) is 29.8 Å². The molecule has 0 radical (unpaired) electrons. The molecule has 21 heavy (non-hydrogen) atoms. The minimum atomic E-state index is 1.01. The van der Waals surface area contributed by atoms with Crippen LogP contribution < -0.4 is 10.1 Å². The zero-order chi connectivity index (χ0) is 15.2. The second-order valence-corrected chi connectivity index (χ2v) is 5.79. The molecule has 1 rings (SSSR count). The quantitative estimate of drug-likeness (QED) is 0.518. The highest BCUT2D eigenvalue weighted by molar-refractivity contribution is 5.33. The van der Waals surface area contributed by atoms with Gasteiger partial charge < -0.3 is 10.1 Å². The number of ether oxygens (including phenoxy) is 1. The second kappa shape index (κ2) is 12.7. The Labute approximate surface area is 131 Å². The lowest BCUT2D eigenvalue weighted by Gasteiger charge is -2.09. The van der Waals surface area contributed by atoms with Crippen LogP contribution in [0.3, 0.4) is 0 Å². The number of unbranched alkanes of at least 4 members (excludes halogenated alkanes) is 7. The van der Waals surface area contributed by atoms with Crippen LogP contribution in [0.5, 0.6) is 5.75 Å². The van der Waals surface area contributed by atoms with Gasteiger partial charge in [-0.25, -0.2) is 0 Å². The van der Waals surface area contributed by atoms with Crippen molar-refractivity contribution in [1.82, 2.24) is 5.32 Å². The van der Waals surface area contributed by atoms with Gasteiger partial charge in [-0.1, -0.05) is 70.1 Å². The Kier molecular flexibility index (Phi) is 10.9.